The van der Waals surface area contributed by atoms with Crippen LogP contribution in [0, 0.1) is 0 Å². The predicted molar refractivity (Wildman–Crippen MR) is 122 cm³/mol. The van der Waals surface area contributed by atoms with Gasteiger partial charge in [-0.2, -0.15) is 5.10 Å². The highest BCUT2D eigenvalue weighted by Gasteiger charge is 2.22. The third kappa shape index (κ3) is 3.69. The quantitative estimate of drug-likeness (QED) is 0.451. The van der Waals surface area contributed by atoms with Crippen molar-refractivity contribution < 1.29 is 9.47 Å². The van der Waals surface area contributed by atoms with E-state index in [0.29, 0.717) is 35.4 Å². The largest absolute Gasteiger partial charge is 0.439 e. The van der Waals surface area contributed by atoms with Crippen molar-refractivity contribution in [2.24, 2.45) is 7.05 Å². The zero-order valence-electron chi connectivity index (χ0n) is 18.0. The van der Waals surface area contributed by atoms with Gasteiger partial charge in [0.25, 0.3) is 5.56 Å². The molecule has 166 valence electrons. The first-order valence-electron chi connectivity index (χ1n) is 10.7. The van der Waals surface area contributed by atoms with E-state index in [1.807, 2.05) is 48.0 Å². The Labute approximate surface area is 190 Å². The van der Waals surface area contributed by atoms with Crippen molar-refractivity contribution in [2.75, 3.05) is 13.2 Å². The number of rotatable bonds is 5. The minimum atomic E-state index is -0.151. The van der Waals surface area contributed by atoms with Crippen LogP contribution in [-0.4, -0.2) is 36.9 Å². The molecule has 5 rings (SSSR count). The number of benzene rings is 1. The lowest BCUT2D eigenvalue weighted by Gasteiger charge is -2.21. The van der Waals surface area contributed by atoms with Crippen molar-refractivity contribution in [3.8, 4) is 22.9 Å². The monoisotopic (exact) mass is 453 g/mol. The summed E-state index contributed by atoms with van der Waals surface area (Å²) < 4.78 is 16.7. The number of hydrogen-bond acceptors (Lipinski definition) is 5. The molecule has 1 aliphatic rings. The number of aromatic nitrogens is 5. The van der Waals surface area contributed by atoms with Gasteiger partial charge in [-0.3, -0.25) is 18.4 Å². The molecule has 0 aliphatic carbocycles. The molecule has 0 saturated carbocycles. The maximum atomic E-state index is 12.9. The molecule has 0 spiro atoms. The third-order valence-electron chi connectivity index (χ3n) is 5.90. The molecule has 1 fully saturated rings. The molecule has 4 heterocycles. The molecule has 8 nitrogen and oxygen atoms in total. The van der Waals surface area contributed by atoms with Gasteiger partial charge in [0, 0.05) is 44.5 Å². The molecule has 0 bridgehead atoms. The maximum absolute atomic E-state index is 12.9. The van der Waals surface area contributed by atoms with Crippen molar-refractivity contribution in [1.82, 2.24) is 23.7 Å². The van der Waals surface area contributed by atoms with E-state index in [9.17, 15) is 4.79 Å². The Balaban J connectivity index is 1.46. The summed E-state index contributed by atoms with van der Waals surface area (Å²) in [6, 6.07) is 7.51. The summed E-state index contributed by atoms with van der Waals surface area (Å²) in [5, 5.41) is 5.11. The van der Waals surface area contributed by atoms with Crippen LogP contribution in [0.3, 0.4) is 0 Å². The molecule has 3 aromatic heterocycles. The van der Waals surface area contributed by atoms with E-state index in [4.69, 9.17) is 21.1 Å². The molecular weight excluding hydrogens is 430 g/mol. The smallest absolute Gasteiger partial charge is 0.279 e. The lowest BCUT2D eigenvalue weighted by molar-refractivity contribution is 0.0834. The number of imidazole rings is 1. The van der Waals surface area contributed by atoms with Crippen LogP contribution in [0.5, 0.6) is 11.6 Å². The fourth-order valence-electron chi connectivity index (χ4n) is 4.05. The third-order valence-corrected chi connectivity index (χ3v) is 6.17. The van der Waals surface area contributed by atoms with E-state index in [1.54, 1.807) is 17.9 Å². The molecule has 9 heteroatoms. The van der Waals surface area contributed by atoms with Crippen LogP contribution in [0.25, 0.3) is 16.8 Å². The first-order chi connectivity index (χ1) is 15.5. The van der Waals surface area contributed by atoms with E-state index in [-0.39, 0.29) is 11.5 Å². The lowest BCUT2D eigenvalue weighted by Crippen LogP contribution is -2.22. The molecule has 1 aromatic carbocycles. The molecule has 1 saturated heterocycles. The highest BCUT2D eigenvalue weighted by atomic mass is 35.5. The summed E-state index contributed by atoms with van der Waals surface area (Å²) >= 11 is 6.32. The summed E-state index contributed by atoms with van der Waals surface area (Å²) in [5.41, 5.74) is 2.02. The van der Waals surface area contributed by atoms with Gasteiger partial charge >= 0.3 is 0 Å². The first kappa shape index (κ1) is 20.8. The summed E-state index contributed by atoms with van der Waals surface area (Å²) in [4.78, 5) is 17.5. The van der Waals surface area contributed by atoms with Gasteiger partial charge in [-0.25, -0.2) is 4.98 Å². The van der Waals surface area contributed by atoms with E-state index < -0.39 is 0 Å². The van der Waals surface area contributed by atoms with Crippen molar-refractivity contribution in [3.05, 3.63) is 64.1 Å². The van der Waals surface area contributed by atoms with Gasteiger partial charge in [-0.1, -0.05) is 11.6 Å². The van der Waals surface area contributed by atoms with Crippen molar-refractivity contribution in [1.29, 1.82) is 0 Å². The second kappa shape index (κ2) is 8.44. The molecule has 0 radical (unpaired) electrons. The Hall–Kier alpha value is -3.10. The summed E-state index contributed by atoms with van der Waals surface area (Å²) in [5.74, 6) is 2.19. The average molecular weight is 454 g/mol. The fraction of sp³-hybridized carbons (Fsp3) is 0.348. The molecule has 0 N–H and O–H groups in total. The highest BCUT2D eigenvalue weighted by Crippen LogP contribution is 2.30. The summed E-state index contributed by atoms with van der Waals surface area (Å²) in [7, 11) is 1.70. The van der Waals surface area contributed by atoms with E-state index >= 15 is 0 Å². The van der Waals surface area contributed by atoms with Gasteiger partial charge in [-0.05, 0) is 44.0 Å². The van der Waals surface area contributed by atoms with Crippen LogP contribution in [0.4, 0.5) is 0 Å². The zero-order chi connectivity index (χ0) is 22.2. The number of fused-ring (bicyclic) bond motifs is 1. The second-order valence-electron chi connectivity index (χ2n) is 7.90. The predicted octanol–water partition coefficient (Wildman–Crippen LogP) is 4.26. The topological polar surface area (TPSA) is 75.6 Å². The van der Waals surface area contributed by atoms with E-state index in [0.717, 1.165) is 36.5 Å². The summed E-state index contributed by atoms with van der Waals surface area (Å²) in [6.07, 6.45) is 7.07. The Kier molecular flexibility index (Phi) is 5.48. The van der Waals surface area contributed by atoms with Gasteiger partial charge in [0.15, 0.2) is 0 Å². The van der Waals surface area contributed by atoms with Crippen LogP contribution in [-0.2, 0) is 18.3 Å². The number of aryl methyl sites for hydroxylation is 1. The Morgan fingerprint density at radius 2 is 1.94 bits per heavy atom. The second-order valence-corrected chi connectivity index (χ2v) is 8.30. The van der Waals surface area contributed by atoms with Gasteiger partial charge in [0.1, 0.15) is 22.8 Å². The molecule has 4 aromatic rings. The number of ether oxygens (including phenoxy) is 2. The molecule has 0 atom stereocenters. The van der Waals surface area contributed by atoms with Crippen molar-refractivity contribution >= 4 is 17.1 Å². The van der Waals surface area contributed by atoms with Gasteiger partial charge < -0.3 is 9.47 Å². The van der Waals surface area contributed by atoms with E-state index in [2.05, 4.69) is 10.1 Å². The highest BCUT2D eigenvalue weighted by molar-refractivity contribution is 6.33. The van der Waals surface area contributed by atoms with Gasteiger partial charge in [0.05, 0.1) is 17.4 Å². The SMILES string of the molecule is CCn1cc(Cl)c(-c2ccc(Oc3cn4c(C5CCOCC5)ncc4c(=O)n3C)cc2)n1. The van der Waals surface area contributed by atoms with Crippen LogP contribution in [0.1, 0.15) is 31.5 Å². The van der Waals surface area contributed by atoms with Gasteiger partial charge in [-0.15, -0.1) is 0 Å². The van der Waals surface area contributed by atoms with Crippen LogP contribution in [0.15, 0.2) is 47.7 Å². The van der Waals surface area contributed by atoms with Crippen molar-refractivity contribution in [2.45, 2.75) is 32.2 Å². The normalized spacial score (nSPS) is 14.8. The molecule has 1 aliphatic heterocycles. The Bertz CT molecular complexity index is 1320. The number of hydrogen-bond donors (Lipinski definition) is 0. The molecular formula is C23H24ClN5O3. The van der Waals surface area contributed by atoms with Crippen LogP contribution in [0.2, 0.25) is 5.02 Å². The summed E-state index contributed by atoms with van der Waals surface area (Å²) in [6.45, 7) is 4.18. The van der Waals surface area contributed by atoms with E-state index in [1.165, 1.54) is 4.57 Å². The Morgan fingerprint density at radius 1 is 1.19 bits per heavy atom. The molecule has 0 unspecified atom stereocenters. The average Bonchev–Trinajstić information content (AvgIpc) is 3.42. The molecule has 0 amide bonds. The van der Waals surface area contributed by atoms with Crippen molar-refractivity contribution in [3.63, 3.8) is 0 Å². The number of halogens is 1. The minimum absolute atomic E-state index is 0.151. The standard InChI is InChI=1S/C23H24ClN5O3/c1-3-28-13-18(24)21(26-28)15-4-6-17(7-5-15)32-20-14-29-19(23(30)27(20)2)12-25-22(29)16-8-10-31-11-9-16/h4-7,12-14,16H,3,8-11H2,1-2H3. The lowest BCUT2D eigenvalue weighted by atomic mass is 10.00. The minimum Gasteiger partial charge on any atom is -0.439 e. The first-order valence-corrected chi connectivity index (χ1v) is 11.1. The van der Waals surface area contributed by atoms with Gasteiger partial charge in [0.2, 0.25) is 5.88 Å². The fourth-order valence-corrected chi connectivity index (χ4v) is 4.31. The van der Waals surface area contributed by atoms with Crippen LogP contribution < -0.4 is 10.3 Å². The molecule has 32 heavy (non-hydrogen) atoms. The maximum Gasteiger partial charge on any atom is 0.279 e. The number of nitrogens with zero attached hydrogens (tertiary/aromatic N) is 5. The Morgan fingerprint density at radius 3 is 2.62 bits per heavy atom. The van der Waals surface area contributed by atoms with Crippen LogP contribution >= 0.6 is 11.6 Å². The zero-order valence-corrected chi connectivity index (χ0v) is 18.7.